The minimum Gasteiger partial charge on any atom is -0.425 e. The predicted molar refractivity (Wildman–Crippen MR) is 139 cm³/mol. The second-order valence-corrected chi connectivity index (χ2v) is 12.3. The van der Waals surface area contributed by atoms with Gasteiger partial charge < -0.3 is 14.8 Å². The Morgan fingerprint density at radius 3 is 1.61 bits per heavy atom. The number of nitrogens with one attached hydrogen (secondary N) is 1. The fourth-order valence-electron chi connectivity index (χ4n) is 4.87. The van der Waals surface area contributed by atoms with E-state index in [9.17, 15) is 14.4 Å². The Kier molecular flexibility index (Phi) is 8.68. The van der Waals surface area contributed by atoms with E-state index in [1.165, 1.54) is 30.6 Å². The van der Waals surface area contributed by atoms with Gasteiger partial charge >= 0.3 is 11.9 Å². The maximum absolute atomic E-state index is 12.9. The molecular formula is C27H32N2O5S2. The van der Waals surface area contributed by atoms with Gasteiger partial charge in [0, 0.05) is 7.05 Å². The lowest BCUT2D eigenvalue weighted by Gasteiger charge is -2.25. The van der Waals surface area contributed by atoms with Crippen molar-refractivity contribution in [1.82, 2.24) is 5.32 Å². The molecule has 1 amide bonds. The van der Waals surface area contributed by atoms with Crippen LogP contribution in [0.15, 0.2) is 31.9 Å². The molecule has 0 aromatic heterocycles. The van der Waals surface area contributed by atoms with Gasteiger partial charge in [-0.25, -0.2) is 4.85 Å². The van der Waals surface area contributed by atoms with Gasteiger partial charge in [0.1, 0.15) is 11.5 Å². The summed E-state index contributed by atoms with van der Waals surface area (Å²) in [6, 6.07) is 3.31. The first-order valence-electron chi connectivity index (χ1n) is 12.6. The van der Waals surface area contributed by atoms with E-state index < -0.39 is 5.91 Å². The summed E-state index contributed by atoms with van der Waals surface area (Å²) >= 11 is 2.41. The van der Waals surface area contributed by atoms with Crippen LogP contribution in [0.5, 0.6) is 11.5 Å². The highest BCUT2D eigenvalue weighted by molar-refractivity contribution is 8.24. The number of carbonyl (C=O) groups excluding carboxylic acids is 3. The van der Waals surface area contributed by atoms with E-state index in [1.807, 2.05) is 0 Å². The second kappa shape index (κ2) is 11.7. The zero-order valence-electron chi connectivity index (χ0n) is 20.9. The summed E-state index contributed by atoms with van der Waals surface area (Å²) in [5, 5.41) is 2.50. The number of hydrogen-bond donors (Lipinski definition) is 1. The fourth-order valence-corrected chi connectivity index (χ4v) is 7.43. The molecule has 9 heteroatoms. The number of rotatable bonds is 5. The number of benzene rings is 1. The van der Waals surface area contributed by atoms with E-state index in [4.69, 9.17) is 16.0 Å². The molecule has 1 N–H and O–H groups in total. The Balaban J connectivity index is 1.61. The van der Waals surface area contributed by atoms with Gasteiger partial charge in [0.05, 0.1) is 32.4 Å². The Morgan fingerprint density at radius 1 is 0.833 bits per heavy atom. The van der Waals surface area contributed by atoms with Crippen LogP contribution in [0, 0.1) is 30.2 Å². The summed E-state index contributed by atoms with van der Waals surface area (Å²) in [4.78, 5) is 42.8. The molecule has 0 bridgehead atoms. The van der Waals surface area contributed by atoms with Gasteiger partial charge in [0.25, 0.3) is 11.6 Å². The molecule has 2 aliphatic carbocycles. The number of esters is 2. The molecule has 1 aliphatic heterocycles. The Labute approximate surface area is 220 Å². The third-order valence-corrected chi connectivity index (χ3v) is 9.90. The molecule has 36 heavy (non-hydrogen) atoms. The molecule has 192 valence electrons. The van der Waals surface area contributed by atoms with Crippen molar-refractivity contribution in [2.45, 2.75) is 75.0 Å². The van der Waals surface area contributed by atoms with Crippen LogP contribution in [0.25, 0.3) is 4.85 Å². The number of thioether (sulfide) groups is 2. The van der Waals surface area contributed by atoms with Gasteiger partial charge in [-0.1, -0.05) is 37.4 Å². The van der Waals surface area contributed by atoms with Crippen molar-refractivity contribution in [3.63, 3.8) is 0 Å². The number of likely N-dealkylation sites (N-methyl/N-ethyl adjacent to an activating group) is 1. The number of carbonyl (C=O) groups is 3. The second-order valence-electron chi connectivity index (χ2n) is 10.0. The summed E-state index contributed by atoms with van der Waals surface area (Å²) in [6.45, 7) is 11.9. The molecule has 2 saturated carbocycles. The van der Waals surface area contributed by atoms with Crippen molar-refractivity contribution in [3.8, 4) is 11.5 Å². The first kappa shape index (κ1) is 26.6. The summed E-state index contributed by atoms with van der Waals surface area (Å²) in [5.41, 5.74) is -0.0409. The summed E-state index contributed by atoms with van der Waals surface area (Å²) < 4.78 is 12.2. The average Bonchev–Trinajstić information content (AvgIpc) is 3.32. The predicted octanol–water partition coefficient (Wildman–Crippen LogP) is 6.18. The molecule has 1 heterocycles. The largest absolute Gasteiger partial charge is 0.425 e. The lowest BCUT2D eigenvalue weighted by Crippen LogP contribution is -2.25. The molecule has 0 spiro atoms. The van der Waals surface area contributed by atoms with E-state index in [-0.39, 0.29) is 29.5 Å². The molecule has 2 fully saturated rings. The van der Waals surface area contributed by atoms with Crippen LogP contribution in [-0.4, -0.2) is 24.9 Å². The lowest BCUT2D eigenvalue weighted by molar-refractivity contribution is -0.141. The van der Waals surface area contributed by atoms with Gasteiger partial charge in [0.2, 0.25) is 0 Å². The van der Waals surface area contributed by atoms with Crippen molar-refractivity contribution < 1.29 is 23.9 Å². The molecule has 3 aliphatic rings. The highest BCUT2D eigenvalue weighted by Gasteiger charge is 2.34. The monoisotopic (exact) mass is 528 g/mol. The Bertz CT molecular complexity index is 1040. The molecule has 0 radical (unpaired) electrons. The van der Waals surface area contributed by atoms with Crippen molar-refractivity contribution in [1.29, 1.82) is 0 Å². The average molecular weight is 529 g/mol. The normalized spacial score (nSPS) is 25.3. The molecule has 1 aromatic carbocycles. The van der Waals surface area contributed by atoms with Crippen molar-refractivity contribution >= 4 is 41.4 Å². The van der Waals surface area contributed by atoms with Gasteiger partial charge in [-0.15, -0.1) is 0 Å². The standard InChI is InChI=1S/C27H32N2O5S2/c1-15-5-9-17(10-6-15)25(31)33-19-13-14-20(34-26(32)18-11-7-16(2)8-12-18)23-22(19)35-27(36-23)21(28-3)24(30)29-4/h13-18H,5-12H2,1-2,4H3,(H,29,30). The molecule has 0 unspecified atom stereocenters. The third kappa shape index (κ3) is 5.92. The molecular weight excluding hydrogens is 496 g/mol. The Hall–Kier alpha value is -2.44. The van der Waals surface area contributed by atoms with Crippen LogP contribution >= 0.6 is 23.5 Å². The number of fused-ring (bicyclic) bond motifs is 1. The van der Waals surface area contributed by atoms with E-state index in [0.717, 1.165) is 51.4 Å². The smallest absolute Gasteiger partial charge is 0.314 e. The summed E-state index contributed by atoms with van der Waals surface area (Å²) in [7, 11) is 1.47. The highest BCUT2D eigenvalue weighted by atomic mass is 32.2. The number of hydrogen-bond acceptors (Lipinski definition) is 7. The number of nitrogens with zero attached hydrogens (tertiary/aromatic N) is 1. The topological polar surface area (TPSA) is 86.1 Å². The minimum absolute atomic E-state index is 0.0409. The van der Waals surface area contributed by atoms with Gasteiger partial charge in [-0.2, -0.15) is 0 Å². The van der Waals surface area contributed by atoms with Gasteiger partial charge in [-0.3, -0.25) is 14.4 Å². The number of ether oxygens (including phenoxy) is 2. The van der Waals surface area contributed by atoms with Crippen molar-refractivity contribution in [2.24, 2.45) is 23.7 Å². The zero-order valence-corrected chi connectivity index (χ0v) is 22.6. The lowest BCUT2D eigenvalue weighted by atomic mass is 9.83. The maximum Gasteiger partial charge on any atom is 0.314 e. The van der Waals surface area contributed by atoms with E-state index >= 15 is 0 Å². The third-order valence-electron chi connectivity index (χ3n) is 7.30. The first-order chi connectivity index (χ1) is 17.3. The zero-order chi connectivity index (χ0) is 25.8. The van der Waals surface area contributed by atoms with Crippen LogP contribution in [0.1, 0.15) is 65.2 Å². The van der Waals surface area contributed by atoms with Gasteiger partial charge in [-0.05, 0) is 75.3 Å². The molecule has 7 nitrogen and oxygen atoms in total. The quantitative estimate of drug-likeness (QED) is 0.211. The molecule has 0 saturated heterocycles. The van der Waals surface area contributed by atoms with Crippen LogP contribution in [0.4, 0.5) is 0 Å². The van der Waals surface area contributed by atoms with E-state index in [2.05, 4.69) is 24.0 Å². The van der Waals surface area contributed by atoms with Crippen LogP contribution in [-0.2, 0) is 14.4 Å². The van der Waals surface area contributed by atoms with Crippen molar-refractivity contribution in [2.75, 3.05) is 7.05 Å². The summed E-state index contributed by atoms with van der Waals surface area (Å²) in [5.74, 6) is 0.699. The molecule has 1 aromatic rings. The van der Waals surface area contributed by atoms with Gasteiger partial charge in [0.15, 0.2) is 0 Å². The van der Waals surface area contributed by atoms with Crippen LogP contribution in [0.3, 0.4) is 0 Å². The van der Waals surface area contributed by atoms with E-state index in [0.29, 0.717) is 37.4 Å². The van der Waals surface area contributed by atoms with E-state index in [1.54, 1.807) is 12.1 Å². The fraction of sp³-hybridized carbons (Fsp3) is 0.556. The van der Waals surface area contributed by atoms with Crippen LogP contribution < -0.4 is 14.8 Å². The first-order valence-corrected chi connectivity index (χ1v) is 14.2. The summed E-state index contributed by atoms with van der Waals surface area (Å²) in [6.07, 6.45) is 7.25. The van der Waals surface area contributed by atoms with Crippen LogP contribution in [0.2, 0.25) is 0 Å². The minimum atomic E-state index is -0.488. The van der Waals surface area contributed by atoms with Crippen molar-refractivity contribution in [3.05, 3.63) is 33.5 Å². The SMILES string of the molecule is [C-]#[N+]C(C(=O)NC)=C1Sc2c(OC(=O)C3CCC(C)CC3)ccc(OC(=O)C3CCC(C)CC3)c2S1. The molecule has 0 atom stereocenters. The Morgan fingerprint density at radius 2 is 1.25 bits per heavy atom. The maximum atomic E-state index is 12.9. The molecule has 4 rings (SSSR count). The number of amides is 1. The highest BCUT2D eigenvalue weighted by Crippen LogP contribution is 2.59.